The number of Topliss-reactive ketones (excluding diaryl/α,β-unsaturated/α-hetero) is 1. The third-order valence-electron chi connectivity index (χ3n) is 5.32. The van der Waals surface area contributed by atoms with Crippen LogP contribution in [0.1, 0.15) is 37.2 Å². The molecule has 0 atom stereocenters. The van der Waals surface area contributed by atoms with E-state index in [1.807, 2.05) is 17.0 Å². The van der Waals surface area contributed by atoms with Crippen LogP contribution in [-0.4, -0.2) is 50.7 Å². The lowest BCUT2D eigenvalue weighted by molar-refractivity contribution is -0.129. The van der Waals surface area contributed by atoms with Gasteiger partial charge in [0.15, 0.2) is 5.78 Å². The standard InChI is InChI=1S/C22H23N5O2/c1-14(28)20-4-3-16(13-25-20)19-11-18(12-21-22(19)24-8-7-23-21)26-17-5-9-27(10-6-17)15(2)29/h3-4,7-8,11-13,17,26H,5-6,9-10H2,1-2H3. The van der Waals surface area contributed by atoms with Gasteiger partial charge in [0, 0.05) is 68.4 Å². The zero-order valence-electron chi connectivity index (χ0n) is 16.6. The molecule has 7 heteroatoms. The number of amides is 1. The van der Waals surface area contributed by atoms with Gasteiger partial charge in [-0.2, -0.15) is 0 Å². The molecule has 1 saturated heterocycles. The zero-order chi connectivity index (χ0) is 20.4. The summed E-state index contributed by atoms with van der Waals surface area (Å²) in [4.78, 5) is 38.2. The van der Waals surface area contributed by atoms with Crippen molar-refractivity contribution >= 4 is 28.4 Å². The van der Waals surface area contributed by atoms with Gasteiger partial charge in [0.2, 0.25) is 5.91 Å². The summed E-state index contributed by atoms with van der Waals surface area (Å²) in [7, 11) is 0. The number of aromatic nitrogens is 3. The van der Waals surface area contributed by atoms with E-state index in [9.17, 15) is 9.59 Å². The summed E-state index contributed by atoms with van der Waals surface area (Å²) in [6, 6.07) is 7.98. The molecule has 0 aliphatic carbocycles. The van der Waals surface area contributed by atoms with Crippen molar-refractivity contribution in [3.63, 3.8) is 0 Å². The second kappa shape index (κ2) is 7.95. The van der Waals surface area contributed by atoms with Gasteiger partial charge in [0.05, 0.1) is 11.0 Å². The molecule has 148 valence electrons. The molecule has 1 N–H and O–H groups in total. The van der Waals surface area contributed by atoms with Crippen molar-refractivity contribution in [2.24, 2.45) is 0 Å². The minimum atomic E-state index is -0.0616. The van der Waals surface area contributed by atoms with Crippen molar-refractivity contribution in [3.05, 3.63) is 48.5 Å². The van der Waals surface area contributed by atoms with Gasteiger partial charge >= 0.3 is 0 Å². The predicted octanol–water partition coefficient (Wildman–Crippen LogP) is 3.32. The summed E-state index contributed by atoms with van der Waals surface area (Å²) < 4.78 is 0. The summed E-state index contributed by atoms with van der Waals surface area (Å²) in [5.74, 6) is 0.0711. The number of anilines is 1. The minimum Gasteiger partial charge on any atom is -0.382 e. The number of pyridine rings is 1. The third-order valence-corrected chi connectivity index (χ3v) is 5.32. The van der Waals surface area contributed by atoms with Gasteiger partial charge in [-0.3, -0.25) is 24.5 Å². The predicted molar refractivity (Wildman–Crippen MR) is 112 cm³/mol. The highest BCUT2D eigenvalue weighted by atomic mass is 16.2. The Morgan fingerprint density at radius 3 is 2.45 bits per heavy atom. The van der Waals surface area contributed by atoms with E-state index in [0.29, 0.717) is 11.7 Å². The molecule has 0 unspecified atom stereocenters. The maximum Gasteiger partial charge on any atom is 0.219 e. The molecule has 3 heterocycles. The lowest BCUT2D eigenvalue weighted by Gasteiger charge is -2.32. The van der Waals surface area contributed by atoms with Gasteiger partial charge in [-0.15, -0.1) is 0 Å². The van der Waals surface area contributed by atoms with E-state index in [1.54, 1.807) is 31.6 Å². The Hall–Kier alpha value is -3.35. The second-order valence-electron chi connectivity index (χ2n) is 7.36. The van der Waals surface area contributed by atoms with E-state index >= 15 is 0 Å². The van der Waals surface area contributed by atoms with Gasteiger partial charge in [-0.1, -0.05) is 6.07 Å². The molecule has 0 saturated carbocycles. The molecule has 4 rings (SSSR count). The highest BCUT2D eigenvalue weighted by Gasteiger charge is 2.21. The number of benzene rings is 1. The second-order valence-corrected chi connectivity index (χ2v) is 7.36. The van der Waals surface area contributed by atoms with Crippen LogP contribution >= 0.6 is 0 Å². The van der Waals surface area contributed by atoms with Crippen LogP contribution in [0.25, 0.3) is 22.2 Å². The van der Waals surface area contributed by atoms with Gasteiger partial charge in [-0.05, 0) is 31.0 Å². The molecule has 1 aliphatic rings. The first-order valence-corrected chi connectivity index (χ1v) is 9.75. The Morgan fingerprint density at radius 2 is 1.79 bits per heavy atom. The van der Waals surface area contributed by atoms with E-state index in [1.165, 1.54) is 6.92 Å². The number of hydrogen-bond donors (Lipinski definition) is 1. The number of carbonyl (C=O) groups excluding carboxylic acids is 2. The average Bonchev–Trinajstić information content (AvgIpc) is 2.73. The first-order chi connectivity index (χ1) is 14.0. The van der Waals surface area contributed by atoms with Crippen molar-refractivity contribution in [1.82, 2.24) is 19.9 Å². The van der Waals surface area contributed by atoms with E-state index < -0.39 is 0 Å². The fourth-order valence-corrected chi connectivity index (χ4v) is 3.71. The van der Waals surface area contributed by atoms with Crippen LogP contribution in [0, 0.1) is 0 Å². The Morgan fingerprint density at radius 1 is 1.03 bits per heavy atom. The Labute approximate surface area is 169 Å². The molecule has 1 aliphatic heterocycles. The van der Waals surface area contributed by atoms with E-state index in [-0.39, 0.29) is 11.7 Å². The van der Waals surface area contributed by atoms with Crippen LogP contribution in [0.4, 0.5) is 5.69 Å². The topological polar surface area (TPSA) is 88.1 Å². The first-order valence-electron chi connectivity index (χ1n) is 9.75. The van der Waals surface area contributed by atoms with Crippen molar-refractivity contribution in [3.8, 4) is 11.1 Å². The molecule has 1 fully saturated rings. The van der Waals surface area contributed by atoms with Crippen LogP contribution in [0.15, 0.2) is 42.9 Å². The summed E-state index contributed by atoms with van der Waals surface area (Å²) in [5.41, 5.74) is 4.80. The highest BCUT2D eigenvalue weighted by Crippen LogP contribution is 2.30. The van der Waals surface area contributed by atoms with Crippen molar-refractivity contribution in [2.45, 2.75) is 32.7 Å². The molecule has 0 bridgehead atoms. The Balaban J connectivity index is 1.64. The smallest absolute Gasteiger partial charge is 0.219 e. The molecular formula is C22H23N5O2. The summed E-state index contributed by atoms with van der Waals surface area (Å²) >= 11 is 0. The largest absolute Gasteiger partial charge is 0.382 e. The molecule has 0 spiro atoms. The van der Waals surface area contributed by atoms with Crippen LogP contribution in [-0.2, 0) is 4.79 Å². The molecule has 3 aromatic rings. The van der Waals surface area contributed by atoms with Gasteiger partial charge in [0.1, 0.15) is 5.69 Å². The Bertz CT molecular complexity index is 1060. The van der Waals surface area contributed by atoms with Crippen LogP contribution in [0.2, 0.25) is 0 Å². The number of carbonyl (C=O) groups is 2. The van der Waals surface area contributed by atoms with Crippen LogP contribution < -0.4 is 5.32 Å². The number of nitrogens with zero attached hydrogens (tertiary/aromatic N) is 4. The highest BCUT2D eigenvalue weighted by molar-refractivity contribution is 5.96. The van der Waals surface area contributed by atoms with Crippen molar-refractivity contribution in [1.29, 1.82) is 0 Å². The van der Waals surface area contributed by atoms with Crippen molar-refractivity contribution in [2.75, 3.05) is 18.4 Å². The van der Waals surface area contributed by atoms with E-state index in [0.717, 1.165) is 53.8 Å². The normalized spacial score (nSPS) is 14.8. The van der Waals surface area contributed by atoms with Gasteiger partial charge in [0.25, 0.3) is 0 Å². The maximum atomic E-state index is 11.5. The van der Waals surface area contributed by atoms with Gasteiger partial charge < -0.3 is 10.2 Å². The lowest BCUT2D eigenvalue weighted by atomic mass is 10.0. The maximum absolute atomic E-state index is 11.5. The minimum absolute atomic E-state index is 0.0616. The van der Waals surface area contributed by atoms with Crippen LogP contribution in [0.5, 0.6) is 0 Å². The molecule has 0 radical (unpaired) electrons. The number of rotatable bonds is 4. The first kappa shape index (κ1) is 19.0. The third kappa shape index (κ3) is 4.08. The molecule has 7 nitrogen and oxygen atoms in total. The summed E-state index contributed by atoms with van der Waals surface area (Å²) in [6.07, 6.45) is 6.87. The molecule has 1 aromatic carbocycles. The van der Waals surface area contributed by atoms with Crippen molar-refractivity contribution < 1.29 is 9.59 Å². The quantitative estimate of drug-likeness (QED) is 0.689. The molecule has 2 aromatic heterocycles. The number of hydrogen-bond acceptors (Lipinski definition) is 6. The molecule has 1 amide bonds. The zero-order valence-corrected chi connectivity index (χ0v) is 16.6. The molecular weight excluding hydrogens is 366 g/mol. The Kier molecular flexibility index (Phi) is 5.20. The van der Waals surface area contributed by atoms with Crippen LogP contribution in [0.3, 0.4) is 0 Å². The number of ketones is 1. The fourth-order valence-electron chi connectivity index (χ4n) is 3.71. The average molecular weight is 389 g/mol. The van der Waals surface area contributed by atoms with E-state index in [2.05, 4.69) is 26.3 Å². The SMILES string of the molecule is CC(=O)c1ccc(-c2cc(NC3CCN(C(C)=O)CC3)cc3nccnc23)cn1. The lowest BCUT2D eigenvalue weighted by Crippen LogP contribution is -2.41. The fraction of sp³-hybridized carbons (Fsp3) is 0.318. The van der Waals surface area contributed by atoms with Gasteiger partial charge in [-0.25, -0.2) is 0 Å². The van der Waals surface area contributed by atoms with E-state index in [4.69, 9.17) is 0 Å². The summed E-state index contributed by atoms with van der Waals surface area (Å²) in [6.45, 7) is 4.66. The number of likely N-dealkylation sites (tertiary alicyclic amines) is 1. The number of piperidine rings is 1. The summed E-state index contributed by atoms with van der Waals surface area (Å²) in [5, 5.41) is 3.59. The number of nitrogens with one attached hydrogen (secondary N) is 1. The monoisotopic (exact) mass is 389 g/mol. The molecule has 29 heavy (non-hydrogen) atoms. The number of fused-ring (bicyclic) bond motifs is 1.